The van der Waals surface area contributed by atoms with Crippen molar-refractivity contribution in [2.24, 2.45) is 5.92 Å². The van der Waals surface area contributed by atoms with Crippen molar-refractivity contribution in [1.82, 2.24) is 5.06 Å². The summed E-state index contributed by atoms with van der Waals surface area (Å²) in [6, 6.07) is 8.17. The van der Waals surface area contributed by atoms with Gasteiger partial charge in [-0.2, -0.15) is 5.06 Å². The van der Waals surface area contributed by atoms with Crippen LogP contribution in [0.2, 0.25) is 0 Å². The zero-order chi connectivity index (χ0) is 11.4. The third kappa shape index (κ3) is 2.63. The first-order chi connectivity index (χ1) is 7.04. The van der Waals surface area contributed by atoms with Crippen LogP contribution in [0.25, 0.3) is 0 Å². The molecule has 1 N–H and O–H groups in total. The predicted molar refractivity (Wildman–Crippen MR) is 54.2 cm³/mol. The number of hydrogen-bond acceptors (Lipinski definition) is 3. The lowest BCUT2D eigenvalue weighted by atomic mass is 10.1. The number of rotatable bonds is 2. The Morgan fingerprint density at radius 2 is 1.73 bits per heavy atom. The van der Waals surface area contributed by atoms with Crippen LogP contribution in [0.1, 0.15) is 24.2 Å². The van der Waals surface area contributed by atoms with Crippen molar-refractivity contribution in [3.63, 3.8) is 0 Å². The van der Waals surface area contributed by atoms with Crippen molar-refractivity contribution in [3.8, 4) is 0 Å². The maximum absolute atomic E-state index is 11.5. The normalized spacial score (nSPS) is 10.1. The molecule has 0 bridgehead atoms. The number of hydroxylamine groups is 2. The smallest absolute Gasteiger partial charge is 0.278 e. The van der Waals surface area contributed by atoms with Gasteiger partial charge in [-0.25, -0.2) is 0 Å². The Bertz CT molecular complexity index is 359. The van der Waals surface area contributed by atoms with Crippen LogP contribution in [0.3, 0.4) is 0 Å². The molecule has 0 spiro atoms. The van der Waals surface area contributed by atoms with Crippen molar-refractivity contribution < 1.29 is 14.8 Å². The number of benzene rings is 1. The molecule has 4 heteroatoms. The van der Waals surface area contributed by atoms with Gasteiger partial charge in [-0.3, -0.25) is 14.8 Å². The van der Waals surface area contributed by atoms with Gasteiger partial charge < -0.3 is 0 Å². The Morgan fingerprint density at radius 1 is 1.20 bits per heavy atom. The summed E-state index contributed by atoms with van der Waals surface area (Å²) in [4.78, 5) is 22.9. The lowest BCUT2D eigenvalue weighted by molar-refractivity contribution is -0.157. The zero-order valence-corrected chi connectivity index (χ0v) is 8.68. The van der Waals surface area contributed by atoms with Crippen LogP contribution in [-0.4, -0.2) is 22.1 Å². The second-order valence-corrected chi connectivity index (χ2v) is 3.48. The quantitative estimate of drug-likeness (QED) is 0.593. The minimum absolute atomic E-state index is 0.167. The van der Waals surface area contributed by atoms with E-state index in [1.54, 1.807) is 44.2 Å². The molecule has 0 saturated carbocycles. The molecule has 15 heavy (non-hydrogen) atoms. The largest absolute Gasteiger partial charge is 0.284 e. The molecule has 0 aliphatic rings. The summed E-state index contributed by atoms with van der Waals surface area (Å²) in [5.74, 6) is -1.72. The van der Waals surface area contributed by atoms with E-state index in [4.69, 9.17) is 0 Å². The van der Waals surface area contributed by atoms with Gasteiger partial charge >= 0.3 is 0 Å². The fourth-order valence-corrected chi connectivity index (χ4v) is 1.05. The molecule has 0 atom stereocenters. The highest BCUT2D eigenvalue weighted by Crippen LogP contribution is 2.06. The van der Waals surface area contributed by atoms with Gasteiger partial charge in [-0.15, -0.1) is 0 Å². The fraction of sp³-hybridized carbons (Fsp3) is 0.273. The summed E-state index contributed by atoms with van der Waals surface area (Å²) in [6.07, 6.45) is 0. The number of hydrogen-bond donors (Lipinski definition) is 1. The second-order valence-electron chi connectivity index (χ2n) is 3.48. The molecule has 1 aromatic carbocycles. The summed E-state index contributed by atoms with van der Waals surface area (Å²) < 4.78 is 0. The first-order valence-electron chi connectivity index (χ1n) is 4.66. The fourth-order valence-electron chi connectivity index (χ4n) is 1.05. The summed E-state index contributed by atoms with van der Waals surface area (Å²) in [6.45, 7) is 3.23. The number of carbonyl (C=O) groups is 2. The van der Waals surface area contributed by atoms with Crippen LogP contribution >= 0.6 is 0 Å². The van der Waals surface area contributed by atoms with Crippen LogP contribution in [0.4, 0.5) is 0 Å². The lowest BCUT2D eigenvalue weighted by Crippen LogP contribution is -2.36. The average molecular weight is 207 g/mol. The molecule has 0 heterocycles. The Labute approximate surface area is 88.1 Å². The molecule has 2 amide bonds. The van der Waals surface area contributed by atoms with Crippen molar-refractivity contribution in [3.05, 3.63) is 35.9 Å². The highest BCUT2D eigenvalue weighted by atomic mass is 16.5. The second kappa shape index (κ2) is 4.70. The van der Waals surface area contributed by atoms with Crippen molar-refractivity contribution in [2.45, 2.75) is 13.8 Å². The van der Waals surface area contributed by atoms with Gasteiger partial charge in [-0.1, -0.05) is 32.0 Å². The lowest BCUT2D eigenvalue weighted by Gasteiger charge is -2.14. The van der Waals surface area contributed by atoms with E-state index in [1.165, 1.54) is 0 Å². The SMILES string of the molecule is CC(C)C(=O)N(O)C(=O)c1ccccc1. The summed E-state index contributed by atoms with van der Waals surface area (Å²) in [7, 11) is 0. The third-order valence-electron chi connectivity index (χ3n) is 1.92. The molecule has 0 radical (unpaired) electrons. The Hall–Kier alpha value is -1.68. The van der Waals surface area contributed by atoms with E-state index < -0.39 is 17.7 Å². The van der Waals surface area contributed by atoms with E-state index in [0.717, 1.165) is 0 Å². The standard InChI is InChI=1S/C11H13NO3/c1-8(2)10(13)12(15)11(14)9-6-4-3-5-7-9/h3-8,15H,1-2H3. The Kier molecular flexibility index (Phi) is 3.57. The van der Waals surface area contributed by atoms with Crippen LogP contribution < -0.4 is 0 Å². The van der Waals surface area contributed by atoms with E-state index in [1.807, 2.05) is 0 Å². The van der Waals surface area contributed by atoms with Gasteiger partial charge in [0, 0.05) is 11.5 Å². The molecule has 4 nitrogen and oxygen atoms in total. The molecule has 0 aliphatic heterocycles. The highest BCUT2D eigenvalue weighted by molar-refractivity contribution is 6.03. The molecular formula is C11H13NO3. The van der Waals surface area contributed by atoms with Crippen LogP contribution in [0.15, 0.2) is 30.3 Å². The van der Waals surface area contributed by atoms with Gasteiger partial charge in [0.25, 0.3) is 11.8 Å². The zero-order valence-electron chi connectivity index (χ0n) is 8.68. The molecule has 0 aromatic heterocycles. The van der Waals surface area contributed by atoms with E-state index >= 15 is 0 Å². The third-order valence-corrected chi connectivity index (χ3v) is 1.92. The average Bonchev–Trinajstić information content (AvgIpc) is 2.27. The number of nitrogens with zero attached hydrogens (tertiary/aromatic N) is 1. The van der Waals surface area contributed by atoms with Gasteiger partial charge in [0.05, 0.1) is 0 Å². The van der Waals surface area contributed by atoms with E-state index in [9.17, 15) is 14.8 Å². The molecule has 1 rings (SSSR count). The summed E-state index contributed by atoms with van der Waals surface area (Å²) in [5.41, 5.74) is 0.286. The minimum atomic E-state index is -0.700. The van der Waals surface area contributed by atoms with E-state index in [0.29, 0.717) is 0 Å². The molecule has 80 valence electrons. The van der Waals surface area contributed by atoms with Crippen LogP contribution in [0, 0.1) is 5.92 Å². The predicted octanol–water partition coefficient (Wildman–Crippen LogP) is 1.70. The monoisotopic (exact) mass is 207 g/mol. The molecule has 0 fully saturated rings. The van der Waals surface area contributed by atoms with Gasteiger partial charge in [0.15, 0.2) is 0 Å². The summed E-state index contributed by atoms with van der Waals surface area (Å²) in [5, 5.41) is 9.51. The van der Waals surface area contributed by atoms with E-state index in [-0.39, 0.29) is 10.6 Å². The topological polar surface area (TPSA) is 57.6 Å². The van der Waals surface area contributed by atoms with Gasteiger partial charge in [0.2, 0.25) is 0 Å². The molecule has 1 aromatic rings. The molecular weight excluding hydrogens is 194 g/mol. The van der Waals surface area contributed by atoms with Gasteiger partial charge in [-0.05, 0) is 12.1 Å². The number of imide groups is 1. The Balaban J connectivity index is 2.82. The van der Waals surface area contributed by atoms with Crippen LogP contribution in [0.5, 0.6) is 0 Å². The van der Waals surface area contributed by atoms with Crippen molar-refractivity contribution >= 4 is 11.8 Å². The van der Waals surface area contributed by atoms with Gasteiger partial charge in [0.1, 0.15) is 0 Å². The van der Waals surface area contributed by atoms with Crippen LogP contribution in [-0.2, 0) is 4.79 Å². The van der Waals surface area contributed by atoms with Crippen molar-refractivity contribution in [2.75, 3.05) is 0 Å². The maximum Gasteiger partial charge on any atom is 0.284 e. The highest BCUT2D eigenvalue weighted by Gasteiger charge is 2.22. The molecule has 0 saturated heterocycles. The molecule has 0 unspecified atom stereocenters. The number of carbonyl (C=O) groups excluding carboxylic acids is 2. The van der Waals surface area contributed by atoms with E-state index in [2.05, 4.69) is 0 Å². The Morgan fingerprint density at radius 3 is 2.20 bits per heavy atom. The number of amides is 2. The minimum Gasteiger partial charge on any atom is -0.278 e. The maximum atomic E-state index is 11.5. The van der Waals surface area contributed by atoms with Crippen molar-refractivity contribution in [1.29, 1.82) is 0 Å². The first-order valence-corrected chi connectivity index (χ1v) is 4.66. The first kappa shape index (κ1) is 11.4. The molecule has 0 aliphatic carbocycles. The summed E-state index contributed by atoms with van der Waals surface area (Å²) >= 11 is 0.